The Balaban J connectivity index is 1.75. The molecule has 0 radical (unpaired) electrons. The number of hydrogen-bond acceptors (Lipinski definition) is 5. The fourth-order valence-corrected chi connectivity index (χ4v) is 2.92. The minimum atomic E-state index is -0.241. The van der Waals surface area contributed by atoms with Gasteiger partial charge in [0.15, 0.2) is 0 Å². The zero-order chi connectivity index (χ0) is 15.4. The predicted molar refractivity (Wildman–Crippen MR) is 85.3 cm³/mol. The van der Waals surface area contributed by atoms with E-state index in [0.717, 1.165) is 42.4 Å². The Kier molecular flexibility index (Phi) is 4.24. The van der Waals surface area contributed by atoms with Crippen molar-refractivity contribution in [2.24, 2.45) is 10.9 Å². The van der Waals surface area contributed by atoms with Crippen LogP contribution in [0.15, 0.2) is 23.6 Å². The van der Waals surface area contributed by atoms with Gasteiger partial charge >= 0.3 is 0 Å². The molecule has 2 aromatic heterocycles. The van der Waals surface area contributed by atoms with Crippen LogP contribution in [0.4, 0.5) is 0 Å². The second-order valence-corrected chi connectivity index (χ2v) is 5.62. The molecule has 1 aliphatic rings. The first-order chi connectivity index (χ1) is 10.8. The van der Waals surface area contributed by atoms with Crippen LogP contribution < -0.4 is 0 Å². The number of aliphatic imine (C=N–C) groups is 1. The number of H-pyrrole nitrogens is 1. The summed E-state index contributed by atoms with van der Waals surface area (Å²) in [7, 11) is 0. The molecule has 0 amide bonds. The van der Waals surface area contributed by atoms with Crippen LogP contribution in [-0.4, -0.2) is 33.4 Å². The summed E-state index contributed by atoms with van der Waals surface area (Å²) in [5.74, 6) is -0.0543. The van der Waals surface area contributed by atoms with Crippen molar-refractivity contribution in [3.63, 3.8) is 0 Å². The maximum Gasteiger partial charge on any atom is 0.140 e. The van der Waals surface area contributed by atoms with Crippen LogP contribution in [0.25, 0.3) is 11.0 Å². The molecule has 112 valence electrons. The Labute approximate surface area is 128 Å². The molecule has 0 aliphatic heterocycles. The van der Waals surface area contributed by atoms with Crippen LogP contribution in [0.1, 0.15) is 37.3 Å². The summed E-state index contributed by atoms with van der Waals surface area (Å²) >= 11 is 0. The van der Waals surface area contributed by atoms with Gasteiger partial charge in [-0.05, 0) is 31.7 Å². The van der Waals surface area contributed by atoms with Gasteiger partial charge in [0.25, 0.3) is 0 Å². The minimum absolute atomic E-state index is 0.186. The molecule has 3 rings (SSSR count). The van der Waals surface area contributed by atoms with Gasteiger partial charge in [0.1, 0.15) is 12.0 Å². The fourth-order valence-electron chi connectivity index (χ4n) is 2.92. The van der Waals surface area contributed by atoms with Gasteiger partial charge in [0, 0.05) is 36.0 Å². The van der Waals surface area contributed by atoms with Crippen molar-refractivity contribution in [2.45, 2.75) is 37.6 Å². The highest BCUT2D eigenvalue weighted by atomic mass is 14.9. The molecule has 6 heteroatoms. The van der Waals surface area contributed by atoms with E-state index in [0.29, 0.717) is 0 Å². The number of nitrogens with zero attached hydrogens (tertiary/aromatic N) is 4. The van der Waals surface area contributed by atoms with E-state index in [-0.39, 0.29) is 17.9 Å². The summed E-state index contributed by atoms with van der Waals surface area (Å²) < 4.78 is 0. The summed E-state index contributed by atoms with van der Waals surface area (Å²) in [6, 6.07) is 4.52. The maximum atomic E-state index is 8.93. The summed E-state index contributed by atoms with van der Waals surface area (Å²) in [6.45, 7) is 0. The van der Waals surface area contributed by atoms with E-state index in [1.54, 1.807) is 0 Å². The van der Waals surface area contributed by atoms with Crippen molar-refractivity contribution in [2.75, 3.05) is 0 Å². The van der Waals surface area contributed by atoms with Gasteiger partial charge in [-0.25, -0.2) is 9.97 Å². The Morgan fingerprint density at radius 3 is 2.91 bits per heavy atom. The first kappa shape index (κ1) is 14.4. The van der Waals surface area contributed by atoms with Crippen LogP contribution in [0, 0.1) is 22.7 Å². The first-order valence-electron chi connectivity index (χ1n) is 7.53. The number of aromatic amines is 1. The topological polar surface area (TPSA) is 102 Å². The highest BCUT2D eigenvalue weighted by Crippen LogP contribution is 2.26. The summed E-state index contributed by atoms with van der Waals surface area (Å²) in [5, 5.41) is 17.5. The first-order valence-corrected chi connectivity index (χ1v) is 7.53. The molecule has 0 bridgehead atoms. The molecule has 0 saturated heterocycles. The second-order valence-electron chi connectivity index (χ2n) is 5.62. The van der Waals surface area contributed by atoms with Crippen molar-refractivity contribution < 1.29 is 0 Å². The molecule has 0 spiro atoms. The van der Waals surface area contributed by atoms with Gasteiger partial charge in [-0.15, -0.1) is 0 Å². The Morgan fingerprint density at radius 2 is 2.18 bits per heavy atom. The number of rotatable bonds is 4. The third kappa shape index (κ3) is 2.89. The molecule has 2 aromatic rings. The highest BCUT2D eigenvalue weighted by Gasteiger charge is 2.20. The van der Waals surface area contributed by atoms with Gasteiger partial charge in [0.2, 0.25) is 0 Å². The third-order valence-corrected chi connectivity index (χ3v) is 4.22. The lowest BCUT2D eigenvalue weighted by Gasteiger charge is -2.21. The molecule has 2 heterocycles. The molecule has 2 N–H and O–H groups in total. The second kappa shape index (κ2) is 6.48. The van der Waals surface area contributed by atoms with Gasteiger partial charge in [-0.2, -0.15) is 5.26 Å². The average molecular weight is 294 g/mol. The third-order valence-electron chi connectivity index (χ3n) is 4.22. The molecule has 22 heavy (non-hydrogen) atoms. The lowest BCUT2D eigenvalue weighted by atomic mass is 9.87. The molecule has 0 aromatic carbocycles. The molecular weight excluding hydrogens is 276 g/mol. The van der Waals surface area contributed by atoms with E-state index in [4.69, 9.17) is 10.7 Å². The van der Waals surface area contributed by atoms with E-state index in [9.17, 15) is 0 Å². The van der Waals surface area contributed by atoms with E-state index in [1.165, 1.54) is 12.5 Å². The monoisotopic (exact) mass is 294 g/mol. The molecule has 1 atom stereocenters. The molecule has 1 fully saturated rings. The normalized spacial score (nSPS) is 23.4. The number of nitrogens with one attached hydrogen (secondary N) is 2. The van der Waals surface area contributed by atoms with Gasteiger partial charge in [-0.3, -0.25) is 4.99 Å². The molecular formula is C16H18N6. The Bertz CT molecular complexity index is 718. The molecule has 1 saturated carbocycles. The molecule has 1 aliphatic carbocycles. The zero-order valence-electron chi connectivity index (χ0n) is 12.2. The van der Waals surface area contributed by atoms with Crippen LogP contribution in [0.3, 0.4) is 0 Å². The zero-order valence-corrected chi connectivity index (χ0v) is 12.2. The summed E-state index contributed by atoms with van der Waals surface area (Å²) in [5.41, 5.74) is 1.58. The largest absolute Gasteiger partial charge is 0.346 e. The standard InChI is InChI=1S/C16H18N6/c17-7-11-1-3-13(4-2-11)20-9-12(8-18)15-14-5-6-19-16(14)22-10-21-15/h5-6,8-13,18H,1-4H2,(H,19,21,22). The highest BCUT2D eigenvalue weighted by molar-refractivity contribution is 5.94. The van der Waals surface area contributed by atoms with Crippen LogP contribution in [0.2, 0.25) is 0 Å². The number of aromatic nitrogens is 3. The van der Waals surface area contributed by atoms with Gasteiger partial charge < -0.3 is 10.4 Å². The summed E-state index contributed by atoms with van der Waals surface area (Å²) in [4.78, 5) is 16.2. The van der Waals surface area contributed by atoms with Crippen molar-refractivity contribution in [3.8, 4) is 6.07 Å². The fraction of sp³-hybridized carbons (Fsp3) is 0.438. The van der Waals surface area contributed by atoms with Crippen molar-refractivity contribution in [3.05, 3.63) is 24.3 Å². The van der Waals surface area contributed by atoms with Crippen molar-refractivity contribution in [1.82, 2.24) is 15.0 Å². The van der Waals surface area contributed by atoms with Crippen LogP contribution >= 0.6 is 0 Å². The Morgan fingerprint density at radius 1 is 1.36 bits per heavy atom. The van der Waals surface area contributed by atoms with Crippen molar-refractivity contribution >= 4 is 23.5 Å². The predicted octanol–water partition coefficient (Wildman–Crippen LogP) is 2.84. The molecule has 1 unspecified atom stereocenters. The lowest BCUT2D eigenvalue weighted by Crippen LogP contribution is -2.17. The van der Waals surface area contributed by atoms with E-state index in [2.05, 4.69) is 26.0 Å². The average Bonchev–Trinajstić information content (AvgIpc) is 3.05. The minimum Gasteiger partial charge on any atom is -0.346 e. The van der Waals surface area contributed by atoms with E-state index >= 15 is 0 Å². The van der Waals surface area contributed by atoms with Crippen molar-refractivity contribution in [1.29, 1.82) is 10.7 Å². The van der Waals surface area contributed by atoms with E-state index < -0.39 is 0 Å². The van der Waals surface area contributed by atoms with E-state index in [1.807, 2.05) is 18.5 Å². The number of nitriles is 1. The SMILES string of the molecule is N#CC1CCC(N=CC(C=N)c2ncnc3[nH]ccc23)CC1. The summed E-state index contributed by atoms with van der Waals surface area (Å²) in [6.07, 6.45) is 10.2. The smallest absolute Gasteiger partial charge is 0.140 e. The van der Waals surface area contributed by atoms with Gasteiger partial charge in [-0.1, -0.05) is 0 Å². The van der Waals surface area contributed by atoms with Crippen LogP contribution in [0.5, 0.6) is 0 Å². The quantitative estimate of drug-likeness (QED) is 0.847. The maximum absolute atomic E-state index is 8.93. The molecule has 6 nitrogen and oxygen atoms in total. The Hall–Kier alpha value is -2.55. The number of fused-ring (bicyclic) bond motifs is 1. The lowest BCUT2D eigenvalue weighted by molar-refractivity contribution is 0.383. The van der Waals surface area contributed by atoms with Crippen LogP contribution in [-0.2, 0) is 0 Å². The number of hydrogen-bond donors (Lipinski definition) is 2. The van der Waals surface area contributed by atoms with Gasteiger partial charge in [0.05, 0.1) is 17.7 Å².